The van der Waals surface area contributed by atoms with Crippen molar-refractivity contribution in [3.63, 3.8) is 0 Å². The number of rotatable bonds is 6. The SMILES string of the molecule is C/C(=C\c1ccc(C(C)(C)C)cc1)c1ccc2nccc(C(=O)CCC(=O)N3CC(F)(F)C[C@H]3C#N)c2c1. The van der Waals surface area contributed by atoms with E-state index in [0.717, 1.165) is 21.6 Å². The molecule has 2 aromatic carbocycles. The van der Waals surface area contributed by atoms with Gasteiger partial charge < -0.3 is 4.90 Å². The molecule has 38 heavy (non-hydrogen) atoms. The minimum absolute atomic E-state index is 0.0766. The fourth-order valence-electron chi connectivity index (χ4n) is 4.74. The van der Waals surface area contributed by atoms with Gasteiger partial charge in [-0.05, 0) is 52.8 Å². The van der Waals surface area contributed by atoms with E-state index in [1.54, 1.807) is 18.3 Å². The number of carbonyl (C=O) groups excluding carboxylic acids is 2. The monoisotopic (exact) mass is 515 g/mol. The highest BCUT2D eigenvalue weighted by molar-refractivity contribution is 6.08. The highest BCUT2D eigenvalue weighted by Crippen LogP contribution is 2.32. The van der Waals surface area contributed by atoms with Gasteiger partial charge in [0.05, 0.1) is 18.1 Å². The zero-order chi connectivity index (χ0) is 27.7. The predicted molar refractivity (Wildman–Crippen MR) is 145 cm³/mol. The lowest BCUT2D eigenvalue weighted by Gasteiger charge is -2.19. The summed E-state index contributed by atoms with van der Waals surface area (Å²) in [5.74, 6) is -3.98. The summed E-state index contributed by atoms with van der Waals surface area (Å²) in [6, 6.07) is 16.4. The number of halogens is 2. The van der Waals surface area contributed by atoms with Crippen LogP contribution in [0.3, 0.4) is 0 Å². The van der Waals surface area contributed by atoms with Crippen LogP contribution in [-0.4, -0.2) is 40.1 Å². The number of allylic oxidation sites excluding steroid dienone is 1. The van der Waals surface area contributed by atoms with Crippen LogP contribution in [0.15, 0.2) is 54.7 Å². The molecule has 1 amide bonds. The van der Waals surface area contributed by atoms with Crippen LogP contribution in [0.2, 0.25) is 0 Å². The topological polar surface area (TPSA) is 74.1 Å². The average Bonchev–Trinajstić information content (AvgIpc) is 3.20. The smallest absolute Gasteiger partial charge is 0.268 e. The van der Waals surface area contributed by atoms with E-state index in [1.165, 1.54) is 5.56 Å². The number of likely N-dealkylation sites (tertiary alicyclic amines) is 1. The molecule has 1 atom stereocenters. The van der Waals surface area contributed by atoms with Crippen molar-refractivity contribution in [3.05, 3.63) is 77.0 Å². The molecule has 0 saturated carbocycles. The van der Waals surface area contributed by atoms with Crippen LogP contribution in [0.5, 0.6) is 0 Å². The molecule has 3 aromatic rings. The fourth-order valence-corrected chi connectivity index (χ4v) is 4.74. The van der Waals surface area contributed by atoms with Crippen LogP contribution in [0.25, 0.3) is 22.6 Å². The number of amides is 1. The van der Waals surface area contributed by atoms with Crippen molar-refractivity contribution in [2.24, 2.45) is 0 Å². The summed E-state index contributed by atoms with van der Waals surface area (Å²) in [5, 5.41) is 9.81. The van der Waals surface area contributed by atoms with Crippen molar-refractivity contribution in [2.45, 2.75) is 64.3 Å². The second kappa shape index (κ2) is 10.4. The Morgan fingerprint density at radius 1 is 1.13 bits per heavy atom. The summed E-state index contributed by atoms with van der Waals surface area (Å²) in [4.78, 5) is 30.9. The van der Waals surface area contributed by atoms with Crippen molar-refractivity contribution in [1.82, 2.24) is 9.88 Å². The Balaban J connectivity index is 1.53. The summed E-state index contributed by atoms with van der Waals surface area (Å²) in [6.07, 6.45) is 2.58. The largest absolute Gasteiger partial charge is 0.320 e. The second-order valence-corrected chi connectivity index (χ2v) is 10.9. The normalized spacial score (nSPS) is 17.4. The zero-order valence-corrected chi connectivity index (χ0v) is 22.1. The summed E-state index contributed by atoms with van der Waals surface area (Å²) in [7, 11) is 0. The van der Waals surface area contributed by atoms with Crippen LogP contribution < -0.4 is 0 Å². The molecule has 2 heterocycles. The lowest BCUT2D eigenvalue weighted by Crippen LogP contribution is -2.36. The third-order valence-corrected chi connectivity index (χ3v) is 6.96. The van der Waals surface area contributed by atoms with E-state index in [2.05, 4.69) is 56.1 Å². The molecule has 1 saturated heterocycles. The third kappa shape index (κ3) is 5.96. The molecule has 0 unspecified atom stereocenters. The number of fused-ring (bicyclic) bond motifs is 1. The number of Topliss-reactive ketones (excluding diaryl/α,β-unsaturated/α-hetero) is 1. The first kappa shape index (κ1) is 27.1. The Hall–Kier alpha value is -3.92. The number of aromatic nitrogens is 1. The van der Waals surface area contributed by atoms with Crippen molar-refractivity contribution < 1.29 is 18.4 Å². The van der Waals surface area contributed by atoms with Gasteiger partial charge in [0.15, 0.2) is 5.78 Å². The Labute approximate surface area is 221 Å². The number of nitriles is 1. The van der Waals surface area contributed by atoms with E-state index in [9.17, 15) is 18.4 Å². The van der Waals surface area contributed by atoms with E-state index in [4.69, 9.17) is 5.26 Å². The summed E-state index contributed by atoms with van der Waals surface area (Å²) < 4.78 is 27.4. The van der Waals surface area contributed by atoms with Gasteiger partial charge in [0.25, 0.3) is 5.92 Å². The lowest BCUT2D eigenvalue weighted by atomic mass is 9.86. The molecule has 1 aliphatic rings. The molecule has 7 heteroatoms. The van der Waals surface area contributed by atoms with Crippen LogP contribution in [0.4, 0.5) is 8.78 Å². The molecular formula is C31H31F2N3O2. The first-order chi connectivity index (χ1) is 17.9. The van der Waals surface area contributed by atoms with Crippen LogP contribution in [-0.2, 0) is 10.2 Å². The molecule has 4 rings (SSSR count). The molecule has 1 aliphatic heterocycles. The van der Waals surface area contributed by atoms with Crippen molar-refractivity contribution in [1.29, 1.82) is 5.26 Å². The number of ketones is 1. The van der Waals surface area contributed by atoms with E-state index < -0.39 is 30.8 Å². The average molecular weight is 516 g/mol. The molecule has 0 aliphatic carbocycles. The van der Waals surface area contributed by atoms with Gasteiger partial charge in [-0.15, -0.1) is 0 Å². The maximum Gasteiger partial charge on any atom is 0.268 e. The summed E-state index contributed by atoms with van der Waals surface area (Å²) in [6.45, 7) is 7.75. The Kier molecular flexibility index (Phi) is 7.46. The Morgan fingerprint density at radius 2 is 1.84 bits per heavy atom. The van der Waals surface area contributed by atoms with Crippen molar-refractivity contribution in [2.75, 3.05) is 6.54 Å². The van der Waals surface area contributed by atoms with E-state index in [0.29, 0.717) is 16.5 Å². The molecule has 0 spiro atoms. The van der Waals surface area contributed by atoms with Gasteiger partial charge in [-0.2, -0.15) is 5.26 Å². The van der Waals surface area contributed by atoms with Gasteiger partial charge in [0, 0.05) is 36.4 Å². The molecule has 1 fully saturated rings. The van der Waals surface area contributed by atoms with Gasteiger partial charge in [0.2, 0.25) is 5.91 Å². The first-order valence-electron chi connectivity index (χ1n) is 12.7. The highest BCUT2D eigenvalue weighted by Gasteiger charge is 2.47. The van der Waals surface area contributed by atoms with Crippen molar-refractivity contribution >= 4 is 34.2 Å². The minimum Gasteiger partial charge on any atom is -0.320 e. The van der Waals surface area contributed by atoms with Crippen LogP contribution in [0, 0.1) is 11.3 Å². The number of alkyl halides is 2. The summed E-state index contributed by atoms with van der Waals surface area (Å²) in [5.41, 5.74) is 5.43. The summed E-state index contributed by atoms with van der Waals surface area (Å²) >= 11 is 0. The number of benzene rings is 2. The van der Waals surface area contributed by atoms with Gasteiger partial charge in [-0.3, -0.25) is 14.6 Å². The fraction of sp³-hybridized carbons (Fsp3) is 0.355. The van der Waals surface area contributed by atoms with E-state index >= 15 is 0 Å². The van der Waals surface area contributed by atoms with E-state index in [1.807, 2.05) is 25.1 Å². The number of nitrogens with zero attached hydrogens (tertiary/aromatic N) is 3. The Morgan fingerprint density at radius 3 is 2.50 bits per heavy atom. The molecule has 5 nitrogen and oxygen atoms in total. The Bertz CT molecular complexity index is 1450. The second-order valence-electron chi connectivity index (χ2n) is 10.9. The first-order valence-corrected chi connectivity index (χ1v) is 12.7. The van der Waals surface area contributed by atoms with Crippen molar-refractivity contribution in [3.8, 4) is 6.07 Å². The molecule has 0 bridgehead atoms. The number of hydrogen-bond donors (Lipinski definition) is 0. The quantitative estimate of drug-likeness (QED) is 0.267. The number of carbonyl (C=O) groups is 2. The van der Waals surface area contributed by atoms with Gasteiger partial charge in [-0.1, -0.05) is 57.2 Å². The maximum absolute atomic E-state index is 13.7. The molecule has 196 valence electrons. The van der Waals surface area contributed by atoms with Gasteiger partial charge >= 0.3 is 0 Å². The minimum atomic E-state index is -3.09. The van der Waals surface area contributed by atoms with E-state index in [-0.39, 0.29) is 24.0 Å². The van der Waals surface area contributed by atoms with Gasteiger partial charge in [0.1, 0.15) is 6.04 Å². The standard InChI is InChI=1S/C31H31F2N3O2/c1-20(15-21-5-8-23(9-6-21)30(2,3)4)22-7-10-27-26(16-22)25(13-14-35-27)28(37)11-12-29(38)36-19-31(32,33)17-24(36)18-34/h5-10,13-16,24H,11-12,17,19H2,1-4H3/b20-15+/t24-/m0/s1. The van der Waals surface area contributed by atoms with Crippen LogP contribution >= 0.6 is 0 Å². The number of pyridine rings is 1. The molecule has 0 radical (unpaired) electrons. The zero-order valence-electron chi connectivity index (χ0n) is 22.1. The third-order valence-electron chi connectivity index (χ3n) is 6.96. The molecule has 1 aromatic heterocycles. The number of hydrogen-bond acceptors (Lipinski definition) is 4. The predicted octanol–water partition coefficient (Wildman–Crippen LogP) is 6.82. The molecular weight excluding hydrogens is 484 g/mol. The highest BCUT2D eigenvalue weighted by atomic mass is 19.3. The molecule has 0 N–H and O–H groups in total. The lowest BCUT2D eigenvalue weighted by molar-refractivity contribution is -0.132. The maximum atomic E-state index is 13.7. The van der Waals surface area contributed by atoms with Gasteiger partial charge in [-0.25, -0.2) is 8.78 Å². The van der Waals surface area contributed by atoms with Crippen LogP contribution in [0.1, 0.15) is 74.0 Å².